The molecule has 0 N–H and O–H groups in total. The highest BCUT2D eigenvalue weighted by atomic mass is 32.2. The van der Waals surface area contributed by atoms with Crippen molar-refractivity contribution in [1.82, 2.24) is 4.31 Å². The van der Waals surface area contributed by atoms with Gasteiger partial charge in [0.15, 0.2) is 0 Å². The lowest BCUT2D eigenvalue weighted by atomic mass is 10.1. The Balaban J connectivity index is 1.50. The van der Waals surface area contributed by atoms with Gasteiger partial charge in [0.05, 0.1) is 17.1 Å². The number of hydrogen-bond acceptors (Lipinski definition) is 6. The molecule has 1 fully saturated rings. The fraction of sp³-hybridized carbons (Fsp3) is 0.435. The maximum atomic E-state index is 12.8. The molecule has 0 aliphatic carbocycles. The highest BCUT2D eigenvalue weighted by molar-refractivity contribution is 7.89. The first kappa shape index (κ1) is 21.6. The zero-order valence-electron chi connectivity index (χ0n) is 17.8. The monoisotopic (exact) mass is 445 g/mol. The lowest BCUT2D eigenvalue weighted by molar-refractivity contribution is 0.0469. The molecule has 1 saturated heterocycles. The third-order valence-corrected chi connectivity index (χ3v) is 7.40. The minimum absolute atomic E-state index is 0.00227. The second-order valence-corrected chi connectivity index (χ2v) is 9.79. The van der Waals surface area contributed by atoms with Crippen LogP contribution in [0.15, 0.2) is 41.3 Å². The van der Waals surface area contributed by atoms with Gasteiger partial charge >= 0.3 is 5.97 Å². The van der Waals surface area contributed by atoms with Crippen LogP contribution in [0.1, 0.15) is 48.2 Å². The van der Waals surface area contributed by atoms with Gasteiger partial charge in [-0.2, -0.15) is 4.31 Å². The number of benzene rings is 2. The number of carbonyl (C=O) groups is 1. The summed E-state index contributed by atoms with van der Waals surface area (Å²) in [4.78, 5) is 12.8. The summed E-state index contributed by atoms with van der Waals surface area (Å²) in [6.07, 6.45) is 2.62. The van der Waals surface area contributed by atoms with E-state index in [1.807, 2.05) is 26.0 Å². The van der Waals surface area contributed by atoms with Crippen molar-refractivity contribution in [3.63, 3.8) is 0 Å². The van der Waals surface area contributed by atoms with Crippen molar-refractivity contribution in [3.8, 4) is 11.5 Å². The first-order valence-corrected chi connectivity index (χ1v) is 12.0. The average Bonchev–Trinajstić information content (AvgIpc) is 3.41. The molecule has 7 nitrogen and oxygen atoms in total. The molecule has 2 heterocycles. The molecule has 31 heavy (non-hydrogen) atoms. The number of hydrogen-bond donors (Lipinski definition) is 0. The van der Waals surface area contributed by atoms with E-state index in [-0.39, 0.29) is 23.2 Å². The van der Waals surface area contributed by atoms with Gasteiger partial charge in [-0.1, -0.05) is 6.07 Å². The Morgan fingerprint density at radius 1 is 1.19 bits per heavy atom. The molecule has 2 aliphatic heterocycles. The van der Waals surface area contributed by atoms with Crippen LogP contribution in [-0.4, -0.2) is 44.5 Å². The van der Waals surface area contributed by atoms with Crippen LogP contribution in [-0.2, 0) is 27.8 Å². The van der Waals surface area contributed by atoms with Crippen LogP contribution in [0.4, 0.5) is 0 Å². The zero-order chi connectivity index (χ0) is 22.0. The van der Waals surface area contributed by atoms with Crippen LogP contribution in [0.5, 0.6) is 11.5 Å². The Labute approximate surface area is 183 Å². The Morgan fingerprint density at radius 3 is 2.71 bits per heavy atom. The Kier molecular flexibility index (Phi) is 6.20. The summed E-state index contributed by atoms with van der Waals surface area (Å²) in [7, 11) is -3.60. The zero-order valence-corrected chi connectivity index (χ0v) is 18.6. The van der Waals surface area contributed by atoms with Gasteiger partial charge in [0.2, 0.25) is 10.0 Å². The Bertz CT molecular complexity index is 1080. The summed E-state index contributed by atoms with van der Waals surface area (Å²) in [5.41, 5.74) is 1.99. The highest BCUT2D eigenvalue weighted by Gasteiger charge is 2.28. The number of nitrogens with zero attached hydrogens (tertiary/aromatic N) is 1. The lowest BCUT2D eigenvalue weighted by Gasteiger charge is -2.16. The number of rotatable bonds is 7. The van der Waals surface area contributed by atoms with Crippen LogP contribution in [0.2, 0.25) is 0 Å². The van der Waals surface area contributed by atoms with Gasteiger partial charge in [-0.3, -0.25) is 0 Å². The van der Waals surface area contributed by atoms with Crippen molar-refractivity contribution >= 4 is 16.0 Å². The van der Waals surface area contributed by atoms with Gasteiger partial charge in [-0.25, -0.2) is 13.2 Å². The van der Waals surface area contributed by atoms with Crippen LogP contribution < -0.4 is 9.47 Å². The topological polar surface area (TPSA) is 82.1 Å². The molecule has 4 rings (SSSR count). The number of carbonyl (C=O) groups excluding carboxylic acids is 1. The third-order valence-electron chi connectivity index (χ3n) is 5.51. The minimum atomic E-state index is -3.60. The quantitative estimate of drug-likeness (QED) is 0.606. The van der Waals surface area contributed by atoms with Crippen LogP contribution in [0.25, 0.3) is 0 Å². The lowest BCUT2D eigenvalue weighted by Crippen LogP contribution is -2.28. The Morgan fingerprint density at radius 2 is 1.97 bits per heavy atom. The van der Waals surface area contributed by atoms with E-state index in [1.165, 1.54) is 16.4 Å². The third kappa shape index (κ3) is 4.55. The van der Waals surface area contributed by atoms with Crippen LogP contribution in [0, 0.1) is 0 Å². The van der Waals surface area contributed by atoms with Crippen LogP contribution in [0.3, 0.4) is 0 Å². The molecule has 2 aromatic carbocycles. The van der Waals surface area contributed by atoms with E-state index in [9.17, 15) is 13.2 Å². The summed E-state index contributed by atoms with van der Waals surface area (Å²) < 4.78 is 44.1. The molecule has 1 atom stereocenters. The van der Waals surface area contributed by atoms with Crippen LogP contribution >= 0.6 is 0 Å². The van der Waals surface area contributed by atoms with Gasteiger partial charge in [0.25, 0.3) is 0 Å². The molecular weight excluding hydrogens is 418 g/mol. The predicted molar refractivity (Wildman–Crippen MR) is 115 cm³/mol. The molecule has 0 amide bonds. The number of esters is 1. The van der Waals surface area contributed by atoms with E-state index >= 15 is 0 Å². The van der Waals surface area contributed by atoms with Crippen molar-refractivity contribution in [3.05, 3.63) is 53.1 Å². The maximum Gasteiger partial charge on any atom is 0.338 e. The van der Waals surface area contributed by atoms with Gasteiger partial charge < -0.3 is 14.2 Å². The second kappa shape index (κ2) is 8.88. The molecule has 8 heteroatoms. The molecule has 0 aromatic heterocycles. The molecular formula is C23H27NO6S. The number of fused-ring (bicyclic) bond motifs is 1. The summed E-state index contributed by atoms with van der Waals surface area (Å²) in [5.74, 6) is 0.855. The first-order chi connectivity index (χ1) is 14.9. The largest absolute Gasteiger partial charge is 0.493 e. The smallest absolute Gasteiger partial charge is 0.338 e. The molecule has 0 spiro atoms. The van der Waals surface area contributed by atoms with Crippen molar-refractivity contribution in [2.45, 2.75) is 50.7 Å². The molecule has 0 radical (unpaired) electrons. The standard InChI is InChI=1S/C23H27NO6S/c1-3-28-21-13-18-11-16(2)30-22(18)14-19(21)15-29-23(25)17-7-6-8-20(12-17)31(26,27)24-9-4-5-10-24/h6-8,12-14,16H,3-5,9-11,15H2,1-2H3/t16-/m1/s1. The normalized spacial score (nSPS) is 18.5. The van der Waals surface area contributed by atoms with E-state index in [0.29, 0.717) is 31.0 Å². The van der Waals surface area contributed by atoms with Crippen molar-refractivity contribution in [1.29, 1.82) is 0 Å². The van der Waals surface area contributed by atoms with Crippen molar-refractivity contribution in [2.75, 3.05) is 19.7 Å². The molecule has 0 bridgehead atoms. The van der Waals surface area contributed by atoms with Gasteiger partial charge in [0.1, 0.15) is 24.2 Å². The Hall–Kier alpha value is -2.58. The van der Waals surface area contributed by atoms with E-state index < -0.39 is 16.0 Å². The van der Waals surface area contributed by atoms with E-state index in [2.05, 4.69) is 0 Å². The summed E-state index contributed by atoms with van der Waals surface area (Å²) in [6, 6.07) is 9.81. The number of ether oxygens (including phenoxy) is 3. The van der Waals surface area contributed by atoms with Crippen molar-refractivity contribution in [2.24, 2.45) is 0 Å². The highest BCUT2D eigenvalue weighted by Crippen LogP contribution is 2.35. The average molecular weight is 446 g/mol. The summed E-state index contributed by atoms with van der Waals surface area (Å²) in [5, 5.41) is 0. The second-order valence-electron chi connectivity index (χ2n) is 7.85. The molecule has 0 saturated carbocycles. The summed E-state index contributed by atoms with van der Waals surface area (Å²) >= 11 is 0. The maximum absolute atomic E-state index is 12.8. The molecule has 166 valence electrons. The van der Waals surface area contributed by atoms with E-state index in [4.69, 9.17) is 14.2 Å². The van der Waals surface area contributed by atoms with Gasteiger partial charge in [-0.15, -0.1) is 0 Å². The van der Waals surface area contributed by atoms with Gasteiger partial charge in [-0.05, 0) is 57.0 Å². The van der Waals surface area contributed by atoms with Crippen molar-refractivity contribution < 1.29 is 27.4 Å². The molecule has 2 aliphatic rings. The fourth-order valence-corrected chi connectivity index (χ4v) is 5.54. The first-order valence-electron chi connectivity index (χ1n) is 10.6. The predicted octanol–water partition coefficient (Wildman–Crippen LogP) is 3.55. The number of sulfonamides is 1. The fourth-order valence-electron chi connectivity index (χ4n) is 3.97. The van der Waals surface area contributed by atoms with E-state index in [1.54, 1.807) is 12.1 Å². The van der Waals surface area contributed by atoms with E-state index in [0.717, 1.165) is 30.6 Å². The summed E-state index contributed by atoms with van der Waals surface area (Å²) in [6.45, 7) is 5.42. The van der Waals surface area contributed by atoms with Gasteiger partial charge in [0, 0.05) is 30.6 Å². The minimum Gasteiger partial charge on any atom is -0.493 e. The SMILES string of the molecule is CCOc1cc2c(cc1COC(=O)c1cccc(S(=O)(=O)N3CCCC3)c1)O[C@H](C)C2. The molecule has 0 unspecified atom stereocenters. The molecule has 2 aromatic rings.